The number of carbonyl (C=O) groups excluding carboxylic acids is 1. The van der Waals surface area contributed by atoms with Gasteiger partial charge in [-0.3, -0.25) is 9.59 Å². The average Bonchev–Trinajstić information content (AvgIpc) is 3.13. The molecule has 1 unspecified atom stereocenters. The largest absolute Gasteiger partial charge is 0.481 e. The van der Waals surface area contributed by atoms with Crippen LogP contribution in [0.4, 0.5) is 0 Å². The average molecular weight is 723 g/mol. The molecule has 0 radical (unpaired) electrons. The Morgan fingerprint density at radius 1 is 0.442 bits per heavy atom. The van der Waals surface area contributed by atoms with Crippen LogP contribution in [0, 0.1) is 0 Å². The van der Waals surface area contributed by atoms with Gasteiger partial charge in [-0.15, -0.1) is 0 Å². The first kappa shape index (κ1) is 49.4. The molecule has 0 saturated heterocycles. The van der Waals surface area contributed by atoms with E-state index in [1.54, 1.807) is 0 Å². The van der Waals surface area contributed by atoms with Crippen molar-refractivity contribution in [1.82, 2.24) is 0 Å². The maximum Gasteiger partial charge on any atom is 0.306 e. The highest BCUT2D eigenvalue weighted by molar-refractivity contribution is 5.69. The maximum absolute atomic E-state index is 12.7. The highest BCUT2D eigenvalue weighted by Gasteiger charge is 2.14. The van der Waals surface area contributed by atoms with Crippen LogP contribution in [0.1, 0.15) is 213 Å². The Morgan fingerprint density at radius 3 is 1.23 bits per heavy atom. The molecule has 0 spiro atoms. The quantitative estimate of drug-likeness (QED) is 0.0390. The smallest absolute Gasteiger partial charge is 0.306 e. The molecule has 4 heteroatoms. The summed E-state index contributed by atoms with van der Waals surface area (Å²) in [4.78, 5) is 23.4. The van der Waals surface area contributed by atoms with E-state index in [4.69, 9.17) is 9.84 Å². The minimum Gasteiger partial charge on any atom is -0.481 e. The highest BCUT2D eigenvalue weighted by Crippen LogP contribution is 2.19. The zero-order valence-corrected chi connectivity index (χ0v) is 34.1. The third-order valence-corrected chi connectivity index (χ3v) is 9.44. The third-order valence-electron chi connectivity index (χ3n) is 9.44. The van der Waals surface area contributed by atoms with Gasteiger partial charge in [0.2, 0.25) is 0 Å². The topological polar surface area (TPSA) is 63.6 Å². The zero-order valence-electron chi connectivity index (χ0n) is 34.1. The molecule has 52 heavy (non-hydrogen) atoms. The van der Waals surface area contributed by atoms with E-state index in [1.807, 2.05) is 0 Å². The second kappa shape index (κ2) is 42.8. The first-order valence-electron chi connectivity index (χ1n) is 21.9. The molecule has 298 valence electrons. The molecule has 0 heterocycles. The summed E-state index contributed by atoms with van der Waals surface area (Å²) < 4.78 is 6.03. The molecular weight excluding hydrogens is 641 g/mol. The van der Waals surface area contributed by atoms with E-state index in [1.165, 1.54) is 77.0 Å². The van der Waals surface area contributed by atoms with E-state index in [9.17, 15) is 9.59 Å². The van der Waals surface area contributed by atoms with Crippen molar-refractivity contribution in [2.75, 3.05) is 0 Å². The number of unbranched alkanes of at least 4 members (excludes halogenated alkanes) is 18. The lowest BCUT2D eigenvalue weighted by molar-refractivity contribution is -0.150. The van der Waals surface area contributed by atoms with Gasteiger partial charge in [-0.2, -0.15) is 0 Å². The lowest BCUT2D eigenvalue weighted by atomic mass is 10.0. The Morgan fingerprint density at radius 2 is 0.808 bits per heavy atom. The predicted molar refractivity (Wildman–Crippen MR) is 227 cm³/mol. The summed E-state index contributed by atoms with van der Waals surface area (Å²) in [6.07, 6.45) is 60.7. The van der Waals surface area contributed by atoms with Crippen molar-refractivity contribution in [2.45, 2.75) is 219 Å². The molecule has 0 aromatic carbocycles. The van der Waals surface area contributed by atoms with Crippen LogP contribution in [0.25, 0.3) is 0 Å². The summed E-state index contributed by atoms with van der Waals surface area (Å²) in [6, 6.07) is 0. The summed E-state index contributed by atoms with van der Waals surface area (Å²) in [7, 11) is 0. The number of hydrogen-bond acceptors (Lipinski definition) is 3. The molecule has 0 saturated carbocycles. The van der Waals surface area contributed by atoms with Crippen LogP contribution in [0.3, 0.4) is 0 Å². The van der Waals surface area contributed by atoms with Gasteiger partial charge in [-0.25, -0.2) is 0 Å². The second-order valence-corrected chi connectivity index (χ2v) is 14.5. The Kier molecular flexibility index (Phi) is 40.6. The fraction of sp³-hybridized carbons (Fsp3) is 0.708. The van der Waals surface area contributed by atoms with Crippen LogP contribution in [0.5, 0.6) is 0 Å². The van der Waals surface area contributed by atoms with Crippen LogP contribution in [0.15, 0.2) is 72.9 Å². The van der Waals surface area contributed by atoms with E-state index < -0.39 is 5.97 Å². The Bertz CT molecular complexity index is 953. The van der Waals surface area contributed by atoms with E-state index in [0.717, 1.165) is 109 Å². The van der Waals surface area contributed by atoms with Crippen molar-refractivity contribution in [3.63, 3.8) is 0 Å². The van der Waals surface area contributed by atoms with Gasteiger partial charge < -0.3 is 9.84 Å². The Balaban J connectivity index is 4.15. The van der Waals surface area contributed by atoms with Gasteiger partial charge in [0.05, 0.1) is 0 Å². The molecule has 0 aromatic heterocycles. The molecular formula is C48H82O4. The van der Waals surface area contributed by atoms with Crippen molar-refractivity contribution in [3.05, 3.63) is 72.9 Å². The number of aliphatic carboxylic acids is 1. The number of carbonyl (C=O) groups is 2. The molecule has 0 aliphatic heterocycles. The predicted octanol–water partition coefficient (Wildman–Crippen LogP) is 15.5. The van der Waals surface area contributed by atoms with Gasteiger partial charge in [0.25, 0.3) is 0 Å². The maximum atomic E-state index is 12.7. The van der Waals surface area contributed by atoms with Crippen LogP contribution in [0.2, 0.25) is 0 Å². The summed E-state index contributed by atoms with van der Waals surface area (Å²) in [5.41, 5.74) is 0. The van der Waals surface area contributed by atoms with Gasteiger partial charge in [-0.05, 0) is 89.9 Å². The molecule has 0 fully saturated rings. The highest BCUT2D eigenvalue weighted by atomic mass is 16.5. The molecule has 0 bridgehead atoms. The number of ether oxygens (including phenoxy) is 1. The normalized spacial score (nSPS) is 13.0. The van der Waals surface area contributed by atoms with Crippen molar-refractivity contribution >= 4 is 11.9 Å². The van der Waals surface area contributed by atoms with Crippen LogP contribution < -0.4 is 0 Å². The first-order valence-corrected chi connectivity index (χ1v) is 21.9. The van der Waals surface area contributed by atoms with Gasteiger partial charge in [0, 0.05) is 12.8 Å². The number of carboxylic acids is 1. The number of carboxylic acid groups (broad SMARTS) is 1. The molecule has 1 atom stereocenters. The number of esters is 1. The van der Waals surface area contributed by atoms with Crippen molar-refractivity contribution in [1.29, 1.82) is 0 Å². The monoisotopic (exact) mass is 723 g/mol. The fourth-order valence-corrected chi connectivity index (χ4v) is 6.25. The van der Waals surface area contributed by atoms with Gasteiger partial charge in [0.1, 0.15) is 6.10 Å². The summed E-state index contributed by atoms with van der Waals surface area (Å²) in [6.45, 7) is 4.44. The van der Waals surface area contributed by atoms with Gasteiger partial charge in [-0.1, -0.05) is 183 Å². The van der Waals surface area contributed by atoms with E-state index >= 15 is 0 Å². The Labute approximate surface area is 322 Å². The second-order valence-electron chi connectivity index (χ2n) is 14.5. The molecule has 4 nitrogen and oxygen atoms in total. The molecule has 0 rings (SSSR count). The molecule has 1 N–H and O–H groups in total. The minimum atomic E-state index is -0.691. The van der Waals surface area contributed by atoms with E-state index in [-0.39, 0.29) is 18.5 Å². The summed E-state index contributed by atoms with van der Waals surface area (Å²) in [5, 5.41) is 8.79. The Hall–Kier alpha value is -2.62. The van der Waals surface area contributed by atoms with Crippen molar-refractivity contribution in [3.8, 4) is 0 Å². The van der Waals surface area contributed by atoms with Crippen molar-refractivity contribution in [2.24, 2.45) is 0 Å². The minimum absolute atomic E-state index is 0.0192. The van der Waals surface area contributed by atoms with Gasteiger partial charge >= 0.3 is 11.9 Å². The SMILES string of the molecule is CC/C=C\C/C=C\C/C=C\C/C=C\C/C=C\C/C=C\CCCCC(=O)OC(CCCCCCCCCCCCC)CCCCCCCCCC(=O)O. The number of hydrogen-bond donors (Lipinski definition) is 1. The molecule has 0 aromatic rings. The third kappa shape index (κ3) is 41.8. The fourth-order valence-electron chi connectivity index (χ4n) is 6.25. The molecule has 0 amide bonds. The lowest BCUT2D eigenvalue weighted by Crippen LogP contribution is -2.18. The number of allylic oxidation sites excluding steroid dienone is 12. The van der Waals surface area contributed by atoms with E-state index in [2.05, 4.69) is 86.8 Å². The summed E-state index contributed by atoms with van der Waals surface area (Å²) in [5.74, 6) is -0.711. The van der Waals surface area contributed by atoms with E-state index in [0.29, 0.717) is 6.42 Å². The van der Waals surface area contributed by atoms with Gasteiger partial charge in [0.15, 0.2) is 0 Å². The molecule has 0 aliphatic carbocycles. The van der Waals surface area contributed by atoms with Crippen LogP contribution in [-0.2, 0) is 14.3 Å². The van der Waals surface area contributed by atoms with Crippen LogP contribution >= 0.6 is 0 Å². The van der Waals surface area contributed by atoms with Crippen LogP contribution in [-0.4, -0.2) is 23.1 Å². The zero-order chi connectivity index (χ0) is 37.8. The summed E-state index contributed by atoms with van der Waals surface area (Å²) >= 11 is 0. The van der Waals surface area contributed by atoms with Crippen molar-refractivity contribution < 1.29 is 19.4 Å². The number of rotatable bonds is 39. The molecule has 0 aliphatic rings. The lowest BCUT2D eigenvalue weighted by Gasteiger charge is -2.18. The first-order chi connectivity index (χ1) is 25.6. The standard InChI is InChI=1S/C48H82O4/c1-3-5-7-9-11-13-15-16-17-18-19-20-21-22-23-24-26-28-33-37-41-45-48(51)52-46(43-39-35-31-29-32-36-40-44-47(49)50)42-38-34-30-27-25-14-12-10-8-6-4-2/h5,7,11,13,16-17,19-20,22-23,26,28,46H,3-4,6,8-10,12,14-15,18,21,24-25,27,29-45H2,1-2H3,(H,49,50)/b7-5-,13-11-,17-16-,20-19-,23-22-,28-26-.